The van der Waals surface area contributed by atoms with Crippen molar-refractivity contribution in [1.82, 2.24) is 9.80 Å². The second kappa shape index (κ2) is 10.1. The van der Waals surface area contributed by atoms with Gasteiger partial charge in [0, 0.05) is 42.6 Å². The largest absolute Gasteiger partial charge is 0.465 e. The lowest BCUT2D eigenvalue weighted by molar-refractivity contribution is -0.161. The Balaban J connectivity index is 1.49. The van der Waals surface area contributed by atoms with Crippen LogP contribution >= 0.6 is 11.8 Å². The number of benzene rings is 2. The summed E-state index contributed by atoms with van der Waals surface area (Å²) in [4.78, 5) is 44.1. The first-order chi connectivity index (χ1) is 17.0. The topological polar surface area (TPSA) is 66.9 Å². The van der Waals surface area contributed by atoms with Gasteiger partial charge in [-0.1, -0.05) is 48.5 Å². The van der Waals surface area contributed by atoms with Crippen LogP contribution in [-0.2, 0) is 25.7 Å². The monoisotopic (exact) mass is 492 g/mol. The number of ether oxygens (including phenoxy) is 1. The van der Waals surface area contributed by atoms with Gasteiger partial charge in [0.1, 0.15) is 5.41 Å². The zero-order valence-corrected chi connectivity index (χ0v) is 21.0. The van der Waals surface area contributed by atoms with Crippen LogP contribution in [0.3, 0.4) is 0 Å². The first-order valence-corrected chi connectivity index (χ1v) is 13.7. The molecule has 2 amide bonds. The highest BCUT2D eigenvalue weighted by atomic mass is 32.2. The second-order valence-corrected chi connectivity index (χ2v) is 10.8. The van der Waals surface area contributed by atoms with Crippen LogP contribution in [0, 0.1) is 11.3 Å². The highest BCUT2D eigenvalue weighted by Crippen LogP contribution is 2.51. The van der Waals surface area contributed by atoms with Crippen LogP contribution < -0.4 is 0 Å². The number of rotatable bonds is 6. The van der Waals surface area contributed by atoms with Crippen molar-refractivity contribution in [3.05, 3.63) is 59.8 Å². The van der Waals surface area contributed by atoms with Gasteiger partial charge in [0.15, 0.2) is 0 Å². The van der Waals surface area contributed by atoms with Gasteiger partial charge in [-0.25, -0.2) is 0 Å². The fourth-order valence-corrected chi connectivity index (χ4v) is 6.74. The Morgan fingerprint density at radius 3 is 2.69 bits per heavy atom. The molecule has 0 spiro atoms. The molecule has 0 saturated carbocycles. The summed E-state index contributed by atoms with van der Waals surface area (Å²) in [5.41, 5.74) is 0.922. The maximum atomic E-state index is 13.9. The summed E-state index contributed by atoms with van der Waals surface area (Å²) in [6.45, 7) is 3.92. The van der Waals surface area contributed by atoms with E-state index in [4.69, 9.17) is 4.74 Å². The summed E-state index contributed by atoms with van der Waals surface area (Å²) < 4.78 is 5.54. The molecule has 7 heteroatoms. The van der Waals surface area contributed by atoms with Crippen LogP contribution in [0.25, 0.3) is 10.8 Å². The highest BCUT2D eigenvalue weighted by molar-refractivity contribution is 7.99. The van der Waals surface area contributed by atoms with Crippen molar-refractivity contribution in [2.75, 3.05) is 31.2 Å². The van der Waals surface area contributed by atoms with Crippen LogP contribution in [-0.4, -0.2) is 58.8 Å². The Labute approximate surface area is 210 Å². The van der Waals surface area contributed by atoms with E-state index >= 15 is 0 Å². The molecule has 0 radical (unpaired) electrons. The molecule has 0 aromatic heterocycles. The molecule has 0 N–H and O–H groups in total. The number of hydrogen-bond donors (Lipinski definition) is 0. The molecule has 5 rings (SSSR count). The maximum Gasteiger partial charge on any atom is 0.318 e. The molecular formula is C28H32N2O4S. The third kappa shape index (κ3) is 4.46. The normalized spacial score (nSPS) is 24.3. The summed E-state index contributed by atoms with van der Waals surface area (Å²) in [7, 11) is 0. The van der Waals surface area contributed by atoms with Gasteiger partial charge < -0.3 is 14.5 Å². The van der Waals surface area contributed by atoms with E-state index in [2.05, 4.69) is 18.2 Å². The average Bonchev–Trinajstić information content (AvgIpc) is 3.32. The molecule has 0 bridgehead atoms. The molecule has 0 unspecified atom stereocenters. The fourth-order valence-electron chi connectivity index (χ4n) is 5.84. The fraction of sp³-hybridized carbons (Fsp3) is 0.464. The summed E-state index contributed by atoms with van der Waals surface area (Å²) in [5.74, 6) is 0.996. The van der Waals surface area contributed by atoms with E-state index in [-0.39, 0.29) is 24.2 Å². The van der Waals surface area contributed by atoms with Crippen LogP contribution in [0.4, 0.5) is 0 Å². The number of carbonyl (C=O) groups excluding carboxylic acids is 3. The summed E-state index contributed by atoms with van der Waals surface area (Å²) in [5, 5.41) is 2.20. The van der Waals surface area contributed by atoms with E-state index in [9.17, 15) is 14.4 Å². The van der Waals surface area contributed by atoms with Gasteiger partial charge in [-0.3, -0.25) is 14.4 Å². The molecule has 1 aliphatic carbocycles. The Hall–Kier alpha value is -2.80. The van der Waals surface area contributed by atoms with Gasteiger partial charge in [0.2, 0.25) is 11.8 Å². The van der Waals surface area contributed by atoms with E-state index in [0.29, 0.717) is 26.0 Å². The van der Waals surface area contributed by atoms with Gasteiger partial charge in [-0.2, -0.15) is 11.8 Å². The van der Waals surface area contributed by atoms with E-state index in [1.807, 2.05) is 53.9 Å². The molecule has 6 nitrogen and oxygen atoms in total. The Morgan fingerprint density at radius 1 is 1.11 bits per heavy atom. The van der Waals surface area contributed by atoms with E-state index in [1.165, 1.54) is 0 Å². The number of nitrogens with zero attached hydrogens (tertiary/aromatic N) is 2. The predicted molar refractivity (Wildman–Crippen MR) is 138 cm³/mol. The number of likely N-dealkylation sites (tertiary alicyclic amines) is 1. The number of hydrogen-bond acceptors (Lipinski definition) is 5. The van der Waals surface area contributed by atoms with E-state index in [0.717, 1.165) is 53.0 Å². The van der Waals surface area contributed by atoms with Crippen molar-refractivity contribution >= 4 is 40.3 Å². The lowest BCUT2D eigenvalue weighted by atomic mass is 9.71. The molecule has 2 aromatic rings. The van der Waals surface area contributed by atoms with Crippen molar-refractivity contribution in [2.45, 2.75) is 39.2 Å². The smallest absolute Gasteiger partial charge is 0.318 e. The molecule has 35 heavy (non-hydrogen) atoms. The molecule has 2 saturated heterocycles. The minimum Gasteiger partial charge on any atom is -0.465 e. The van der Waals surface area contributed by atoms with Crippen molar-refractivity contribution in [3.8, 4) is 0 Å². The molecule has 3 aliphatic rings. The van der Waals surface area contributed by atoms with Crippen LogP contribution in [0.15, 0.2) is 54.2 Å². The molecule has 2 heterocycles. The first kappa shape index (κ1) is 23.9. The number of thioether (sulfide) groups is 1. The highest BCUT2D eigenvalue weighted by Gasteiger charge is 2.55. The summed E-state index contributed by atoms with van der Waals surface area (Å²) >= 11 is 1.85. The van der Waals surface area contributed by atoms with Crippen molar-refractivity contribution < 1.29 is 19.1 Å². The zero-order valence-electron chi connectivity index (χ0n) is 20.2. The molecule has 2 aliphatic heterocycles. The minimum absolute atomic E-state index is 0.0122. The quantitative estimate of drug-likeness (QED) is 0.560. The number of carbonyl (C=O) groups is 3. The van der Waals surface area contributed by atoms with Crippen LogP contribution in [0.2, 0.25) is 0 Å². The predicted octanol–water partition coefficient (Wildman–Crippen LogP) is 4.38. The van der Waals surface area contributed by atoms with Crippen LogP contribution in [0.5, 0.6) is 0 Å². The number of amides is 2. The van der Waals surface area contributed by atoms with Crippen molar-refractivity contribution in [3.63, 3.8) is 0 Å². The molecule has 2 fully saturated rings. The van der Waals surface area contributed by atoms with Gasteiger partial charge in [0.25, 0.3) is 0 Å². The van der Waals surface area contributed by atoms with Gasteiger partial charge >= 0.3 is 5.97 Å². The maximum absolute atomic E-state index is 13.9. The van der Waals surface area contributed by atoms with Gasteiger partial charge in [0.05, 0.1) is 13.2 Å². The van der Waals surface area contributed by atoms with Gasteiger partial charge in [-0.05, 0) is 42.5 Å². The SMILES string of the molecule is CCOC(=O)[C@]12CCC=C1N(Cc1cccc3ccccc13)C(=O)[C@H](CC(=O)N1CCSCC1)C2. The summed E-state index contributed by atoms with van der Waals surface area (Å²) in [6, 6.07) is 14.2. The number of piperidine rings is 1. The molecule has 184 valence electrons. The lowest BCUT2D eigenvalue weighted by Gasteiger charge is -2.44. The Bertz CT molecular complexity index is 1170. The minimum atomic E-state index is -0.864. The standard InChI is InChI=1S/C28H32N2O4S/c1-2-34-27(33)28-12-6-11-24(28)30(19-21-9-5-8-20-7-3-4-10-23(20)21)26(32)22(18-28)17-25(31)29-13-15-35-16-14-29/h3-5,7-11,22H,2,6,12-19H2,1H3/t22-,28+/m1/s1. The molecule has 2 aromatic carbocycles. The van der Waals surface area contributed by atoms with Crippen molar-refractivity contribution in [1.29, 1.82) is 0 Å². The zero-order chi connectivity index (χ0) is 24.4. The number of esters is 1. The van der Waals surface area contributed by atoms with E-state index < -0.39 is 11.3 Å². The molecular weight excluding hydrogens is 460 g/mol. The van der Waals surface area contributed by atoms with Crippen LogP contribution in [0.1, 0.15) is 38.2 Å². The molecule has 2 atom stereocenters. The number of fused-ring (bicyclic) bond motifs is 2. The summed E-state index contributed by atoms with van der Waals surface area (Å²) in [6.07, 6.45) is 3.85. The third-order valence-electron chi connectivity index (χ3n) is 7.56. The number of allylic oxidation sites excluding steroid dienone is 1. The first-order valence-electron chi connectivity index (χ1n) is 12.5. The third-order valence-corrected chi connectivity index (χ3v) is 8.50. The Morgan fingerprint density at radius 2 is 1.89 bits per heavy atom. The lowest BCUT2D eigenvalue weighted by Crippen LogP contribution is -2.52. The van der Waals surface area contributed by atoms with E-state index in [1.54, 1.807) is 4.90 Å². The van der Waals surface area contributed by atoms with Crippen molar-refractivity contribution in [2.24, 2.45) is 11.3 Å². The average molecular weight is 493 g/mol. The second-order valence-electron chi connectivity index (χ2n) is 9.59. The Kier molecular flexibility index (Phi) is 6.87. The van der Waals surface area contributed by atoms with Gasteiger partial charge in [-0.15, -0.1) is 0 Å².